The van der Waals surface area contributed by atoms with Gasteiger partial charge in [0, 0.05) is 46.4 Å². The number of Topliss-reactive ketones (excluding diaryl/α,β-unsaturated/α-hetero) is 1. The van der Waals surface area contributed by atoms with E-state index in [9.17, 15) is 24.1 Å². The van der Waals surface area contributed by atoms with E-state index >= 15 is 0 Å². The molecule has 3 aromatic rings. The molecule has 0 bridgehead atoms. The highest BCUT2D eigenvalue weighted by molar-refractivity contribution is 6.31. The molecule has 0 aliphatic carbocycles. The van der Waals surface area contributed by atoms with Crippen LogP contribution in [0.5, 0.6) is 0 Å². The first kappa shape index (κ1) is 22.2. The lowest BCUT2D eigenvalue weighted by Gasteiger charge is -2.35. The third kappa shape index (κ3) is 3.21. The van der Waals surface area contributed by atoms with Gasteiger partial charge in [0.25, 0.3) is 5.69 Å². The van der Waals surface area contributed by atoms with E-state index in [1.165, 1.54) is 36.4 Å². The third-order valence-corrected chi connectivity index (χ3v) is 7.07. The molecule has 34 heavy (non-hydrogen) atoms. The number of benzene rings is 3. The summed E-state index contributed by atoms with van der Waals surface area (Å²) in [5.41, 5.74) is 0.453. The smallest absolute Gasteiger partial charge is 0.269 e. The van der Waals surface area contributed by atoms with Gasteiger partial charge in [-0.3, -0.25) is 24.6 Å². The molecule has 3 aromatic carbocycles. The molecule has 1 spiro atoms. The fourth-order valence-corrected chi connectivity index (χ4v) is 5.55. The summed E-state index contributed by atoms with van der Waals surface area (Å²) in [6.07, 6.45) is 0. The van der Waals surface area contributed by atoms with Crippen LogP contribution in [0.15, 0.2) is 66.7 Å². The van der Waals surface area contributed by atoms with Gasteiger partial charge in [0.05, 0.1) is 10.8 Å². The number of fused-ring (bicyclic) bond motifs is 2. The van der Waals surface area contributed by atoms with Gasteiger partial charge in [0.1, 0.15) is 11.4 Å². The van der Waals surface area contributed by atoms with E-state index in [2.05, 4.69) is 5.32 Å². The van der Waals surface area contributed by atoms with Gasteiger partial charge in [-0.1, -0.05) is 23.7 Å². The minimum Gasteiger partial charge on any atom is -0.324 e. The zero-order valence-corrected chi connectivity index (χ0v) is 18.8. The summed E-state index contributed by atoms with van der Waals surface area (Å²) in [6.45, 7) is 0.290. The maximum Gasteiger partial charge on any atom is 0.269 e. The lowest BCUT2D eigenvalue weighted by atomic mass is 9.70. The van der Waals surface area contributed by atoms with Crippen LogP contribution in [0.4, 0.5) is 15.8 Å². The van der Waals surface area contributed by atoms with Crippen LogP contribution in [-0.4, -0.2) is 35.1 Å². The van der Waals surface area contributed by atoms with Gasteiger partial charge in [-0.05, 0) is 55.1 Å². The van der Waals surface area contributed by atoms with Crippen LogP contribution in [0, 0.1) is 21.8 Å². The van der Waals surface area contributed by atoms with Gasteiger partial charge in [-0.25, -0.2) is 4.39 Å². The maximum atomic E-state index is 14.0. The summed E-state index contributed by atoms with van der Waals surface area (Å²) >= 11 is 6.29. The Kier molecular flexibility index (Phi) is 5.22. The number of nitro groups is 1. The largest absolute Gasteiger partial charge is 0.324 e. The van der Waals surface area contributed by atoms with Gasteiger partial charge in [-0.2, -0.15) is 0 Å². The number of hydrogen-bond acceptors (Lipinski definition) is 5. The topological polar surface area (TPSA) is 92.5 Å². The van der Waals surface area contributed by atoms with E-state index in [1.807, 2.05) is 0 Å². The van der Waals surface area contributed by atoms with Crippen molar-refractivity contribution in [3.63, 3.8) is 0 Å². The number of nitro benzene ring substituents is 1. The molecule has 1 saturated heterocycles. The number of carbonyl (C=O) groups excluding carboxylic acids is 2. The van der Waals surface area contributed by atoms with E-state index in [4.69, 9.17) is 11.6 Å². The van der Waals surface area contributed by atoms with Crippen LogP contribution < -0.4 is 5.32 Å². The molecule has 2 aliphatic heterocycles. The molecule has 1 N–H and O–H groups in total. The zero-order chi connectivity index (χ0) is 24.2. The molecule has 2 aliphatic rings. The number of non-ortho nitro benzene ring substituents is 1. The third-order valence-electron chi connectivity index (χ3n) is 6.83. The Morgan fingerprint density at radius 2 is 1.91 bits per heavy atom. The summed E-state index contributed by atoms with van der Waals surface area (Å²) in [6, 6.07) is 16.3. The summed E-state index contributed by atoms with van der Waals surface area (Å²) in [7, 11) is 1.75. The second-order valence-electron chi connectivity index (χ2n) is 8.60. The van der Waals surface area contributed by atoms with Crippen molar-refractivity contribution >= 4 is 34.7 Å². The number of rotatable bonds is 4. The predicted octanol–water partition coefficient (Wildman–Crippen LogP) is 4.76. The molecule has 3 atom stereocenters. The average Bonchev–Trinajstić information content (AvgIpc) is 3.29. The van der Waals surface area contributed by atoms with Crippen LogP contribution >= 0.6 is 11.6 Å². The lowest BCUT2D eigenvalue weighted by Crippen LogP contribution is -2.51. The van der Waals surface area contributed by atoms with Crippen molar-refractivity contribution in [2.24, 2.45) is 5.92 Å². The Balaban J connectivity index is 1.74. The molecule has 9 heteroatoms. The molecule has 0 aromatic heterocycles. The fourth-order valence-electron chi connectivity index (χ4n) is 5.37. The molecule has 0 saturated carbocycles. The minimum absolute atomic E-state index is 0.103. The zero-order valence-electron chi connectivity index (χ0n) is 18.0. The molecule has 0 radical (unpaired) electrons. The number of halogens is 2. The van der Waals surface area contributed by atoms with Crippen LogP contribution in [0.1, 0.15) is 27.4 Å². The molecule has 7 nitrogen and oxygen atoms in total. The standard InChI is InChI=1S/C25H19ClFN3O4/c1-29-13-19(15-3-2-4-18(11-15)30(33)34)22(23(31)14-5-8-17(27)9-6-14)25(29)20-12-16(26)7-10-21(20)28-24(25)32/h2-12,19,22H,13H2,1H3,(H,28,32). The number of nitrogens with zero attached hydrogens (tertiary/aromatic N) is 2. The van der Waals surface area contributed by atoms with Crippen molar-refractivity contribution in [1.82, 2.24) is 4.90 Å². The Bertz CT molecular complexity index is 1350. The molecular formula is C25H19ClFN3O4. The van der Waals surface area contributed by atoms with Crippen molar-refractivity contribution in [2.75, 3.05) is 18.9 Å². The first-order valence-electron chi connectivity index (χ1n) is 10.6. The Morgan fingerprint density at radius 1 is 1.18 bits per heavy atom. The van der Waals surface area contributed by atoms with Gasteiger partial charge in [-0.15, -0.1) is 0 Å². The number of nitrogens with one attached hydrogen (secondary N) is 1. The van der Waals surface area contributed by atoms with Crippen molar-refractivity contribution in [3.05, 3.63) is 104 Å². The summed E-state index contributed by atoms with van der Waals surface area (Å²) in [5, 5.41) is 14.7. The number of amides is 1. The highest BCUT2D eigenvalue weighted by Gasteiger charge is 2.64. The molecule has 2 heterocycles. The van der Waals surface area contributed by atoms with Crippen molar-refractivity contribution in [2.45, 2.75) is 11.5 Å². The highest BCUT2D eigenvalue weighted by Crippen LogP contribution is 2.56. The lowest BCUT2D eigenvalue weighted by molar-refractivity contribution is -0.384. The van der Waals surface area contributed by atoms with Crippen LogP contribution in [0.3, 0.4) is 0 Å². The number of likely N-dealkylation sites (tertiary alicyclic amines) is 1. The normalized spacial score (nSPS) is 23.7. The number of carbonyl (C=O) groups is 2. The van der Waals surface area contributed by atoms with E-state index in [-0.39, 0.29) is 29.5 Å². The summed E-state index contributed by atoms with van der Waals surface area (Å²) in [4.78, 5) is 40.4. The minimum atomic E-state index is -1.39. The Hall–Kier alpha value is -3.62. The quantitative estimate of drug-likeness (QED) is 0.331. The van der Waals surface area contributed by atoms with Crippen LogP contribution in [0.25, 0.3) is 0 Å². The monoisotopic (exact) mass is 479 g/mol. The Labute approximate surface area is 199 Å². The van der Waals surface area contributed by atoms with Gasteiger partial charge in [0.15, 0.2) is 5.78 Å². The molecule has 1 fully saturated rings. The molecule has 172 valence electrons. The van der Waals surface area contributed by atoms with Gasteiger partial charge >= 0.3 is 0 Å². The fraction of sp³-hybridized carbons (Fsp3) is 0.200. The molecule has 3 unspecified atom stereocenters. The second-order valence-corrected chi connectivity index (χ2v) is 9.03. The predicted molar refractivity (Wildman–Crippen MR) is 124 cm³/mol. The molecule has 5 rings (SSSR count). The van der Waals surface area contributed by atoms with E-state index < -0.39 is 28.1 Å². The van der Waals surface area contributed by atoms with E-state index in [0.29, 0.717) is 21.8 Å². The maximum absolute atomic E-state index is 14.0. The number of ketones is 1. The number of hydrogen-bond donors (Lipinski definition) is 1. The van der Waals surface area contributed by atoms with Gasteiger partial charge < -0.3 is 5.32 Å². The van der Waals surface area contributed by atoms with E-state index in [0.717, 1.165) is 0 Å². The second kappa shape index (κ2) is 8.00. The highest BCUT2D eigenvalue weighted by atomic mass is 35.5. The summed E-state index contributed by atoms with van der Waals surface area (Å²) < 4.78 is 13.6. The van der Waals surface area contributed by atoms with Crippen molar-refractivity contribution < 1.29 is 18.9 Å². The van der Waals surface area contributed by atoms with E-state index in [1.54, 1.807) is 42.3 Å². The molecule has 1 amide bonds. The SMILES string of the molecule is CN1CC(c2cccc([N+](=O)[O-])c2)C(C(=O)c2ccc(F)cc2)C12C(=O)Nc1ccc(Cl)cc12. The first-order valence-corrected chi connectivity index (χ1v) is 11.0. The average molecular weight is 480 g/mol. The van der Waals surface area contributed by atoms with Crippen molar-refractivity contribution in [1.29, 1.82) is 0 Å². The first-order chi connectivity index (χ1) is 16.2. The van der Waals surface area contributed by atoms with Gasteiger partial charge in [0.2, 0.25) is 5.91 Å². The van der Waals surface area contributed by atoms with Crippen molar-refractivity contribution in [3.8, 4) is 0 Å². The summed E-state index contributed by atoms with van der Waals surface area (Å²) in [5.74, 6) is -2.70. The van der Waals surface area contributed by atoms with Crippen LogP contribution in [-0.2, 0) is 10.3 Å². The van der Waals surface area contributed by atoms with Crippen LogP contribution in [0.2, 0.25) is 5.02 Å². The molecular weight excluding hydrogens is 461 g/mol. The number of anilines is 1. The number of likely N-dealkylation sites (N-methyl/N-ethyl adjacent to an activating group) is 1. The Morgan fingerprint density at radius 3 is 2.62 bits per heavy atom.